The molecule has 1 amide bonds. The normalized spacial score (nSPS) is 16.9. The predicted molar refractivity (Wildman–Crippen MR) is 140 cm³/mol. The van der Waals surface area contributed by atoms with Crippen molar-refractivity contribution in [1.29, 1.82) is 0 Å². The van der Waals surface area contributed by atoms with E-state index in [2.05, 4.69) is 36.9 Å². The first-order valence-electron chi connectivity index (χ1n) is 13.0. The highest BCUT2D eigenvalue weighted by Gasteiger charge is 2.39. The van der Waals surface area contributed by atoms with Crippen molar-refractivity contribution in [3.8, 4) is 17.1 Å². The lowest BCUT2D eigenvalue weighted by atomic mass is 10.0. The molecule has 1 N–H and O–H groups in total. The van der Waals surface area contributed by atoms with Gasteiger partial charge in [-0.3, -0.25) is 14.3 Å². The van der Waals surface area contributed by atoms with Crippen LogP contribution in [0.25, 0.3) is 17.1 Å². The number of anilines is 1. The molecule has 188 valence electrons. The summed E-state index contributed by atoms with van der Waals surface area (Å²) in [5, 5.41) is 11.8. The van der Waals surface area contributed by atoms with Gasteiger partial charge in [0.05, 0.1) is 11.7 Å². The van der Waals surface area contributed by atoms with Gasteiger partial charge in [-0.15, -0.1) is 10.2 Å². The zero-order valence-electron chi connectivity index (χ0n) is 21.1. The first-order valence-corrected chi connectivity index (χ1v) is 13.0. The second-order valence-corrected chi connectivity index (χ2v) is 9.72. The Hall–Kier alpha value is -4.14. The van der Waals surface area contributed by atoms with Crippen LogP contribution in [0.4, 0.5) is 5.82 Å². The molecule has 9 nitrogen and oxygen atoms in total. The molecule has 4 aromatic rings. The van der Waals surface area contributed by atoms with Crippen molar-refractivity contribution >= 4 is 11.7 Å². The molecule has 0 radical (unpaired) electrons. The minimum absolute atomic E-state index is 0.113. The Balaban J connectivity index is 1.41. The average molecular weight is 495 g/mol. The lowest BCUT2D eigenvalue weighted by Crippen LogP contribution is -2.42. The highest BCUT2D eigenvalue weighted by atomic mass is 16.1. The van der Waals surface area contributed by atoms with Crippen LogP contribution in [-0.2, 0) is 6.54 Å². The molecule has 4 heterocycles. The van der Waals surface area contributed by atoms with Crippen LogP contribution in [-0.4, -0.2) is 41.7 Å². The van der Waals surface area contributed by atoms with Gasteiger partial charge in [0.25, 0.3) is 5.91 Å². The summed E-state index contributed by atoms with van der Waals surface area (Å²) in [6, 6.07) is 11.7. The third-order valence-electron chi connectivity index (χ3n) is 7.46. The number of hydrogen-bond acceptors (Lipinski definition) is 7. The number of nitrogens with one attached hydrogen (secondary N) is 1. The van der Waals surface area contributed by atoms with Crippen molar-refractivity contribution in [2.24, 2.45) is 0 Å². The maximum Gasteiger partial charge on any atom is 0.251 e. The molecule has 1 aromatic carbocycles. The Morgan fingerprint density at radius 3 is 2.70 bits per heavy atom. The molecule has 1 aliphatic heterocycles. The Morgan fingerprint density at radius 2 is 1.92 bits per heavy atom. The molecule has 0 spiro atoms. The fourth-order valence-electron chi connectivity index (χ4n) is 5.69. The van der Waals surface area contributed by atoms with E-state index in [1.165, 1.54) is 12.8 Å². The fourth-order valence-corrected chi connectivity index (χ4v) is 5.69. The van der Waals surface area contributed by atoms with Gasteiger partial charge >= 0.3 is 0 Å². The number of carbonyl (C=O) groups excluding carboxylic acids is 1. The number of pyridine rings is 1. The molecular weight excluding hydrogens is 464 g/mol. The maximum atomic E-state index is 12.7. The number of hydrogen-bond donors (Lipinski definition) is 1. The van der Waals surface area contributed by atoms with Crippen LogP contribution in [0, 0.1) is 6.92 Å². The number of aromatic nitrogens is 6. The zero-order chi connectivity index (χ0) is 25.4. The molecular formula is C28H30N8O. The quantitative estimate of drug-likeness (QED) is 0.419. The predicted octanol–water partition coefficient (Wildman–Crippen LogP) is 4.57. The van der Waals surface area contributed by atoms with E-state index in [4.69, 9.17) is 9.97 Å². The molecule has 0 unspecified atom stereocenters. The smallest absolute Gasteiger partial charge is 0.251 e. The summed E-state index contributed by atoms with van der Waals surface area (Å²) in [6.45, 7) is 4.54. The van der Waals surface area contributed by atoms with E-state index in [0.717, 1.165) is 53.4 Å². The van der Waals surface area contributed by atoms with Crippen molar-refractivity contribution in [3.63, 3.8) is 0 Å². The summed E-state index contributed by atoms with van der Waals surface area (Å²) < 4.78 is 2.06. The highest BCUT2D eigenvalue weighted by molar-refractivity contribution is 5.94. The number of carbonyl (C=O) groups is 1. The van der Waals surface area contributed by atoms with E-state index >= 15 is 0 Å². The standard InChI is InChI=1S/C28H30N8O/c1-3-23-26-34-31-17-35(26)24-18(2)32-25(33-27(24)36(23)21-11-7-8-12-21)22-13-14-29-15-20(22)16-30-28(37)19-9-5-4-6-10-19/h4-6,9-10,13-15,17,21,23H,3,7-8,11-12,16H2,1-2H3,(H,30,37)/t23-/m1/s1. The summed E-state index contributed by atoms with van der Waals surface area (Å²) >= 11 is 0. The number of benzene rings is 1. The van der Waals surface area contributed by atoms with Gasteiger partial charge in [-0.25, -0.2) is 9.97 Å². The van der Waals surface area contributed by atoms with Gasteiger partial charge in [-0.2, -0.15) is 0 Å². The van der Waals surface area contributed by atoms with Crippen LogP contribution in [0.3, 0.4) is 0 Å². The van der Waals surface area contributed by atoms with E-state index < -0.39 is 0 Å². The van der Waals surface area contributed by atoms with E-state index in [1.54, 1.807) is 30.9 Å². The summed E-state index contributed by atoms with van der Waals surface area (Å²) in [5.74, 6) is 2.40. The SMILES string of the molecule is CC[C@@H]1c2nncn2-c2c(C)nc(-c3ccncc3CNC(=O)c3ccccc3)nc2N1C1CCCC1. The lowest BCUT2D eigenvalue weighted by molar-refractivity contribution is 0.0951. The number of aryl methyl sites for hydroxylation is 1. The monoisotopic (exact) mass is 494 g/mol. The summed E-state index contributed by atoms with van der Waals surface area (Å²) in [7, 11) is 0. The fraction of sp³-hybridized carbons (Fsp3) is 0.357. The van der Waals surface area contributed by atoms with Gasteiger partial charge < -0.3 is 10.2 Å². The molecule has 0 saturated heterocycles. The van der Waals surface area contributed by atoms with E-state index in [0.29, 0.717) is 24.0 Å². The Bertz CT molecular complexity index is 1430. The molecule has 37 heavy (non-hydrogen) atoms. The van der Waals surface area contributed by atoms with Crippen molar-refractivity contribution in [2.75, 3.05) is 4.90 Å². The average Bonchev–Trinajstić information content (AvgIpc) is 3.64. The third kappa shape index (κ3) is 4.14. The second-order valence-electron chi connectivity index (χ2n) is 9.72. The van der Waals surface area contributed by atoms with Crippen LogP contribution in [0.15, 0.2) is 55.1 Å². The van der Waals surface area contributed by atoms with Crippen LogP contribution < -0.4 is 10.2 Å². The lowest BCUT2D eigenvalue weighted by Gasteiger charge is -2.41. The second kappa shape index (κ2) is 9.72. The topological polar surface area (TPSA) is 102 Å². The van der Waals surface area contributed by atoms with Crippen LogP contribution >= 0.6 is 0 Å². The molecule has 2 aliphatic rings. The van der Waals surface area contributed by atoms with Gasteiger partial charge in [0, 0.05) is 41.7 Å². The van der Waals surface area contributed by atoms with Crippen molar-refractivity contribution in [1.82, 2.24) is 35.0 Å². The number of nitrogens with zero attached hydrogens (tertiary/aromatic N) is 7. The minimum Gasteiger partial charge on any atom is -0.348 e. The van der Waals surface area contributed by atoms with Crippen molar-refractivity contribution < 1.29 is 4.79 Å². The minimum atomic E-state index is -0.128. The Kier molecular flexibility index (Phi) is 6.12. The molecule has 1 atom stereocenters. The number of rotatable bonds is 6. The molecule has 3 aromatic heterocycles. The van der Waals surface area contributed by atoms with Gasteiger partial charge in [0.15, 0.2) is 17.5 Å². The molecule has 1 aliphatic carbocycles. The van der Waals surface area contributed by atoms with E-state index in [9.17, 15) is 4.79 Å². The first kappa shape index (κ1) is 23.3. The first-order chi connectivity index (χ1) is 18.2. The Labute approximate surface area is 216 Å². The van der Waals surface area contributed by atoms with E-state index in [1.807, 2.05) is 31.2 Å². The summed E-state index contributed by atoms with van der Waals surface area (Å²) in [5.41, 5.74) is 4.18. The largest absolute Gasteiger partial charge is 0.348 e. The molecule has 1 fully saturated rings. The van der Waals surface area contributed by atoms with Crippen molar-refractivity contribution in [2.45, 2.75) is 64.6 Å². The van der Waals surface area contributed by atoms with Gasteiger partial charge in [0.2, 0.25) is 0 Å². The molecule has 1 saturated carbocycles. The summed E-state index contributed by atoms with van der Waals surface area (Å²) in [6.07, 6.45) is 11.0. The van der Waals surface area contributed by atoms with Crippen molar-refractivity contribution in [3.05, 3.63) is 77.8 Å². The zero-order valence-corrected chi connectivity index (χ0v) is 21.1. The van der Waals surface area contributed by atoms with Gasteiger partial charge in [0.1, 0.15) is 12.0 Å². The van der Waals surface area contributed by atoms with Crippen LogP contribution in [0.5, 0.6) is 0 Å². The van der Waals surface area contributed by atoms with Crippen LogP contribution in [0.1, 0.15) is 72.5 Å². The highest BCUT2D eigenvalue weighted by Crippen LogP contribution is 2.44. The number of amides is 1. The van der Waals surface area contributed by atoms with E-state index in [-0.39, 0.29) is 11.9 Å². The third-order valence-corrected chi connectivity index (χ3v) is 7.46. The molecule has 0 bridgehead atoms. The maximum absolute atomic E-state index is 12.7. The van der Waals surface area contributed by atoms with Gasteiger partial charge in [-0.05, 0) is 44.4 Å². The summed E-state index contributed by atoms with van der Waals surface area (Å²) in [4.78, 5) is 29.6. The molecule has 6 rings (SSSR count). The van der Waals surface area contributed by atoms with Gasteiger partial charge in [-0.1, -0.05) is 38.0 Å². The number of fused-ring (bicyclic) bond motifs is 3. The van der Waals surface area contributed by atoms with Crippen LogP contribution in [0.2, 0.25) is 0 Å². The Morgan fingerprint density at radius 1 is 1.11 bits per heavy atom. The molecule has 9 heteroatoms.